The molecule has 1 saturated carbocycles. The van der Waals surface area contributed by atoms with Gasteiger partial charge in [-0.1, -0.05) is 0 Å². The minimum atomic E-state index is 0.361. The van der Waals surface area contributed by atoms with Gasteiger partial charge in [0.25, 0.3) is 0 Å². The Morgan fingerprint density at radius 2 is 2.00 bits per heavy atom. The van der Waals surface area contributed by atoms with E-state index in [1.807, 2.05) is 6.07 Å². The summed E-state index contributed by atoms with van der Waals surface area (Å²) < 4.78 is 7.66. The van der Waals surface area contributed by atoms with Crippen LogP contribution in [0.5, 0.6) is 5.88 Å². The number of hydrogen-bond acceptors (Lipinski definition) is 2. The maximum Gasteiger partial charge on any atom is 0.228 e. The summed E-state index contributed by atoms with van der Waals surface area (Å²) in [6.07, 6.45) is 6.99. The van der Waals surface area contributed by atoms with E-state index in [1.165, 1.54) is 12.8 Å². The second-order valence-corrected chi connectivity index (χ2v) is 5.23. The number of halogens is 2. The third kappa shape index (κ3) is 2.48. The number of aromatic nitrogens is 1. The summed E-state index contributed by atoms with van der Waals surface area (Å²) in [6, 6.07) is 1.96. The van der Waals surface area contributed by atoms with E-state index in [4.69, 9.17) is 4.74 Å². The van der Waals surface area contributed by atoms with E-state index in [9.17, 15) is 0 Å². The fraction of sp³-hybridized carbons (Fsp3) is 0.500. The van der Waals surface area contributed by atoms with Crippen molar-refractivity contribution in [1.29, 1.82) is 0 Å². The first-order chi connectivity index (χ1) is 6.75. The van der Waals surface area contributed by atoms with Crippen LogP contribution in [0.4, 0.5) is 0 Å². The van der Waals surface area contributed by atoms with Crippen LogP contribution in [-0.4, -0.2) is 11.1 Å². The van der Waals surface area contributed by atoms with Crippen LogP contribution in [-0.2, 0) is 0 Å². The van der Waals surface area contributed by atoms with E-state index >= 15 is 0 Å². The molecule has 0 amide bonds. The number of nitrogens with zero attached hydrogens (tertiary/aromatic N) is 1. The maximum atomic E-state index is 5.78. The van der Waals surface area contributed by atoms with E-state index in [0.717, 1.165) is 21.8 Å². The van der Waals surface area contributed by atoms with Crippen molar-refractivity contribution in [3.8, 4) is 5.88 Å². The summed E-state index contributed by atoms with van der Waals surface area (Å²) >= 11 is 6.80. The first kappa shape index (κ1) is 10.4. The number of hydrogen-bond donors (Lipinski definition) is 0. The van der Waals surface area contributed by atoms with Gasteiger partial charge in [0.05, 0.1) is 4.47 Å². The Morgan fingerprint density at radius 3 is 2.64 bits per heavy atom. The molecular formula is C10H11Br2NO. The molecule has 1 fully saturated rings. The molecule has 1 aliphatic rings. The molecule has 1 heterocycles. The largest absolute Gasteiger partial charge is 0.474 e. The molecule has 0 unspecified atom stereocenters. The molecule has 0 aliphatic heterocycles. The lowest BCUT2D eigenvalue weighted by Gasteiger charge is -2.12. The first-order valence-corrected chi connectivity index (χ1v) is 6.32. The van der Waals surface area contributed by atoms with E-state index < -0.39 is 0 Å². The fourth-order valence-electron chi connectivity index (χ4n) is 1.65. The van der Waals surface area contributed by atoms with Gasteiger partial charge in [-0.05, 0) is 63.6 Å². The van der Waals surface area contributed by atoms with Gasteiger partial charge in [-0.15, -0.1) is 0 Å². The molecule has 76 valence electrons. The van der Waals surface area contributed by atoms with Gasteiger partial charge in [-0.25, -0.2) is 4.98 Å². The molecule has 14 heavy (non-hydrogen) atoms. The Bertz CT molecular complexity index is 324. The first-order valence-electron chi connectivity index (χ1n) is 4.73. The highest BCUT2D eigenvalue weighted by atomic mass is 79.9. The molecule has 4 heteroatoms. The van der Waals surface area contributed by atoms with Crippen molar-refractivity contribution in [2.45, 2.75) is 31.8 Å². The van der Waals surface area contributed by atoms with Crippen molar-refractivity contribution in [2.75, 3.05) is 0 Å². The minimum absolute atomic E-state index is 0.361. The van der Waals surface area contributed by atoms with Crippen LogP contribution in [0.3, 0.4) is 0 Å². The maximum absolute atomic E-state index is 5.78. The Morgan fingerprint density at radius 1 is 1.29 bits per heavy atom. The summed E-state index contributed by atoms with van der Waals surface area (Å²) in [7, 11) is 0. The van der Waals surface area contributed by atoms with Crippen molar-refractivity contribution < 1.29 is 4.74 Å². The zero-order chi connectivity index (χ0) is 9.97. The van der Waals surface area contributed by atoms with Crippen LogP contribution in [0.15, 0.2) is 21.2 Å². The lowest BCUT2D eigenvalue weighted by molar-refractivity contribution is 0.200. The smallest absolute Gasteiger partial charge is 0.228 e. The second-order valence-electron chi connectivity index (χ2n) is 3.46. The molecule has 0 N–H and O–H groups in total. The van der Waals surface area contributed by atoms with Crippen LogP contribution in [0, 0.1) is 0 Å². The third-order valence-corrected chi connectivity index (χ3v) is 3.36. The lowest BCUT2D eigenvalue weighted by Crippen LogP contribution is -2.12. The van der Waals surface area contributed by atoms with Gasteiger partial charge < -0.3 is 4.74 Å². The van der Waals surface area contributed by atoms with Crippen LogP contribution in [0.1, 0.15) is 25.7 Å². The second kappa shape index (κ2) is 4.62. The SMILES string of the molecule is Brc1cnc(OC2CCCC2)c(Br)c1. The monoisotopic (exact) mass is 319 g/mol. The fourth-order valence-corrected chi connectivity index (χ4v) is 2.73. The van der Waals surface area contributed by atoms with Gasteiger partial charge in [0, 0.05) is 10.7 Å². The number of ether oxygens (including phenoxy) is 1. The summed E-state index contributed by atoms with van der Waals surface area (Å²) in [5, 5.41) is 0. The highest BCUT2D eigenvalue weighted by Crippen LogP contribution is 2.29. The number of rotatable bonds is 2. The van der Waals surface area contributed by atoms with Crippen LogP contribution >= 0.6 is 31.9 Å². The zero-order valence-electron chi connectivity index (χ0n) is 7.67. The Kier molecular flexibility index (Phi) is 3.44. The summed E-state index contributed by atoms with van der Waals surface area (Å²) in [6.45, 7) is 0. The standard InChI is InChI=1S/C10H11Br2NO/c11-7-5-9(12)10(13-6-7)14-8-3-1-2-4-8/h5-6,8H,1-4H2. The van der Waals surface area contributed by atoms with Crippen molar-refractivity contribution in [1.82, 2.24) is 4.98 Å². The normalized spacial score (nSPS) is 17.3. The zero-order valence-corrected chi connectivity index (χ0v) is 10.8. The molecular weight excluding hydrogens is 310 g/mol. The highest BCUT2D eigenvalue weighted by molar-refractivity contribution is 9.11. The van der Waals surface area contributed by atoms with E-state index in [-0.39, 0.29) is 0 Å². The average Bonchev–Trinajstić information content (AvgIpc) is 2.62. The van der Waals surface area contributed by atoms with Crippen molar-refractivity contribution in [2.24, 2.45) is 0 Å². The van der Waals surface area contributed by atoms with Gasteiger partial charge in [-0.2, -0.15) is 0 Å². The summed E-state index contributed by atoms with van der Waals surface area (Å²) in [5.74, 6) is 0.708. The molecule has 0 atom stereocenters. The molecule has 1 aromatic rings. The Hall–Kier alpha value is -0.0900. The van der Waals surface area contributed by atoms with Crippen LogP contribution in [0.25, 0.3) is 0 Å². The third-order valence-electron chi connectivity index (χ3n) is 2.35. The highest BCUT2D eigenvalue weighted by Gasteiger charge is 2.18. The van der Waals surface area contributed by atoms with Gasteiger partial charge in [-0.3, -0.25) is 0 Å². The van der Waals surface area contributed by atoms with Crippen molar-refractivity contribution in [3.05, 3.63) is 21.2 Å². The summed E-state index contributed by atoms with van der Waals surface area (Å²) in [4.78, 5) is 4.23. The predicted octanol–water partition coefficient (Wildman–Crippen LogP) is 3.93. The molecule has 2 nitrogen and oxygen atoms in total. The minimum Gasteiger partial charge on any atom is -0.474 e. The van der Waals surface area contributed by atoms with E-state index in [0.29, 0.717) is 12.0 Å². The quantitative estimate of drug-likeness (QED) is 0.823. The predicted molar refractivity (Wildman–Crippen MR) is 62.5 cm³/mol. The molecule has 1 aromatic heterocycles. The summed E-state index contributed by atoms with van der Waals surface area (Å²) in [5.41, 5.74) is 0. The van der Waals surface area contributed by atoms with Gasteiger partial charge in [0.1, 0.15) is 6.10 Å². The average molecular weight is 321 g/mol. The van der Waals surface area contributed by atoms with E-state index in [1.54, 1.807) is 6.20 Å². The van der Waals surface area contributed by atoms with Crippen molar-refractivity contribution in [3.63, 3.8) is 0 Å². The van der Waals surface area contributed by atoms with Gasteiger partial charge >= 0.3 is 0 Å². The lowest BCUT2D eigenvalue weighted by atomic mass is 10.3. The van der Waals surface area contributed by atoms with Gasteiger partial charge in [0.2, 0.25) is 5.88 Å². The Balaban J connectivity index is 2.08. The van der Waals surface area contributed by atoms with Crippen molar-refractivity contribution >= 4 is 31.9 Å². The molecule has 0 saturated heterocycles. The van der Waals surface area contributed by atoms with E-state index in [2.05, 4.69) is 36.8 Å². The molecule has 0 bridgehead atoms. The molecule has 0 spiro atoms. The van der Waals surface area contributed by atoms with Crippen LogP contribution < -0.4 is 4.74 Å². The topological polar surface area (TPSA) is 22.1 Å². The molecule has 0 radical (unpaired) electrons. The Labute approximate surface area is 100 Å². The van der Waals surface area contributed by atoms with Gasteiger partial charge in [0.15, 0.2) is 0 Å². The molecule has 0 aromatic carbocycles. The molecule has 2 rings (SSSR count). The van der Waals surface area contributed by atoms with Crippen LogP contribution in [0.2, 0.25) is 0 Å². The number of pyridine rings is 1. The molecule has 1 aliphatic carbocycles.